The van der Waals surface area contributed by atoms with E-state index in [2.05, 4.69) is 51.8 Å². The molecule has 3 aromatic carbocycles. The van der Waals surface area contributed by atoms with Gasteiger partial charge in [-0.1, -0.05) is 42.5 Å². The molecule has 0 radical (unpaired) electrons. The number of hydrogen-bond acceptors (Lipinski definition) is 4. The highest BCUT2D eigenvalue weighted by atomic mass is 16.3. The standard InChI is InChI=1S/C24H16N4O/c1-15-11-12-18(22-21(15)17-9-5-6-10-20(17)29-22)24-27-23-19(13-25-14-26-23)28(24)16-7-3-2-4-8-16/h2-14H,1H3. The third-order valence-electron chi connectivity index (χ3n) is 5.33. The maximum Gasteiger partial charge on any atom is 0.181 e. The van der Waals surface area contributed by atoms with Gasteiger partial charge in [-0.05, 0) is 36.8 Å². The molecule has 0 unspecified atom stereocenters. The summed E-state index contributed by atoms with van der Waals surface area (Å²) in [5.41, 5.74) is 6.35. The lowest BCUT2D eigenvalue weighted by Gasteiger charge is -2.10. The van der Waals surface area contributed by atoms with Gasteiger partial charge in [0.05, 0.1) is 11.8 Å². The highest BCUT2D eigenvalue weighted by molar-refractivity contribution is 6.11. The molecule has 0 saturated carbocycles. The van der Waals surface area contributed by atoms with Gasteiger partial charge in [0.1, 0.15) is 23.0 Å². The monoisotopic (exact) mass is 376 g/mol. The van der Waals surface area contributed by atoms with Gasteiger partial charge in [0, 0.05) is 16.5 Å². The third-order valence-corrected chi connectivity index (χ3v) is 5.33. The molecule has 3 aromatic heterocycles. The summed E-state index contributed by atoms with van der Waals surface area (Å²) >= 11 is 0. The van der Waals surface area contributed by atoms with Crippen molar-refractivity contribution in [3.63, 3.8) is 0 Å². The van der Waals surface area contributed by atoms with Crippen LogP contribution in [0.5, 0.6) is 0 Å². The van der Waals surface area contributed by atoms with Crippen LogP contribution in [0, 0.1) is 6.92 Å². The molecule has 0 saturated heterocycles. The van der Waals surface area contributed by atoms with Gasteiger partial charge >= 0.3 is 0 Å². The molecule has 5 heteroatoms. The smallest absolute Gasteiger partial charge is 0.181 e. The molecular formula is C24H16N4O. The van der Waals surface area contributed by atoms with Crippen molar-refractivity contribution in [2.75, 3.05) is 0 Å². The molecule has 6 aromatic rings. The number of aromatic nitrogens is 4. The number of fused-ring (bicyclic) bond motifs is 4. The Bertz CT molecular complexity index is 1510. The second-order valence-electron chi connectivity index (χ2n) is 7.07. The number of aryl methyl sites for hydroxylation is 1. The summed E-state index contributed by atoms with van der Waals surface area (Å²) in [6.45, 7) is 2.11. The fraction of sp³-hybridized carbons (Fsp3) is 0.0417. The van der Waals surface area contributed by atoms with Gasteiger partial charge in [0.2, 0.25) is 0 Å². The molecule has 0 atom stereocenters. The molecule has 0 aliphatic rings. The van der Waals surface area contributed by atoms with E-state index in [1.54, 1.807) is 6.20 Å². The Labute approximate surface area is 166 Å². The van der Waals surface area contributed by atoms with Crippen LogP contribution in [0.2, 0.25) is 0 Å². The highest BCUT2D eigenvalue weighted by Gasteiger charge is 2.21. The first-order valence-electron chi connectivity index (χ1n) is 9.46. The predicted molar refractivity (Wildman–Crippen MR) is 114 cm³/mol. The van der Waals surface area contributed by atoms with E-state index < -0.39 is 0 Å². The summed E-state index contributed by atoms with van der Waals surface area (Å²) in [5.74, 6) is 0.788. The minimum atomic E-state index is 0.656. The SMILES string of the molecule is Cc1ccc(-c2nc3ncncc3n2-c2ccccc2)c2oc3ccccc3c12. The first-order chi connectivity index (χ1) is 14.3. The molecule has 0 N–H and O–H groups in total. The number of furan rings is 1. The summed E-state index contributed by atoms with van der Waals surface area (Å²) in [6.07, 6.45) is 3.33. The first-order valence-corrected chi connectivity index (χ1v) is 9.46. The first kappa shape index (κ1) is 16.0. The fourth-order valence-electron chi connectivity index (χ4n) is 4.01. The van der Waals surface area contributed by atoms with E-state index in [1.165, 1.54) is 11.9 Å². The van der Waals surface area contributed by atoms with Crippen LogP contribution in [0.4, 0.5) is 0 Å². The Morgan fingerprint density at radius 1 is 0.897 bits per heavy atom. The van der Waals surface area contributed by atoms with Crippen LogP contribution in [0.3, 0.4) is 0 Å². The number of para-hydroxylation sites is 2. The molecule has 0 aliphatic carbocycles. The Morgan fingerprint density at radius 3 is 2.62 bits per heavy atom. The average molecular weight is 376 g/mol. The van der Waals surface area contributed by atoms with Crippen LogP contribution in [-0.2, 0) is 0 Å². The zero-order chi connectivity index (χ0) is 19.4. The maximum atomic E-state index is 6.32. The van der Waals surface area contributed by atoms with Crippen molar-refractivity contribution < 1.29 is 4.42 Å². The van der Waals surface area contributed by atoms with Crippen molar-refractivity contribution in [3.8, 4) is 17.1 Å². The van der Waals surface area contributed by atoms with Crippen LogP contribution in [-0.4, -0.2) is 19.5 Å². The molecule has 138 valence electrons. The van der Waals surface area contributed by atoms with E-state index in [0.717, 1.165) is 44.5 Å². The molecule has 0 fully saturated rings. The molecule has 0 spiro atoms. The summed E-state index contributed by atoms with van der Waals surface area (Å²) < 4.78 is 8.41. The molecule has 29 heavy (non-hydrogen) atoms. The fourth-order valence-corrected chi connectivity index (χ4v) is 4.01. The molecule has 5 nitrogen and oxygen atoms in total. The van der Waals surface area contributed by atoms with Gasteiger partial charge in [-0.2, -0.15) is 0 Å². The van der Waals surface area contributed by atoms with Crippen LogP contribution in [0.1, 0.15) is 5.56 Å². The number of imidazole rings is 1. The number of nitrogens with zero attached hydrogens (tertiary/aromatic N) is 4. The lowest BCUT2D eigenvalue weighted by Crippen LogP contribution is -1.98. The van der Waals surface area contributed by atoms with E-state index >= 15 is 0 Å². The number of benzene rings is 3. The minimum Gasteiger partial charge on any atom is -0.455 e. The summed E-state index contributed by atoms with van der Waals surface area (Å²) in [7, 11) is 0. The molecule has 0 aliphatic heterocycles. The van der Waals surface area contributed by atoms with Crippen molar-refractivity contribution in [1.82, 2.24) is 19.5 Å². The highest BCUT2D eigenvalue weighted by Crippen LogP contribution is 2.38. The van der Waals surface area contributed by atoms with Gasteiger partial charge in [-0.15, -0.1) is 0 Å². The largest absolute Gasteiger partial charge is 0.455 e. The second-order valence-corrected chi connectivity index (χ2v) is 7.07. The van der Waals surface area contributed by atoms with E-state index in [-0.39, 0.29) is 0 Å². The van der Waals surface area contributed by atoms with E-state index in [0.29, 0.717) is 5.65 Å². The Hall–Kier alpha value is -3.99. The van der Waals surface area contributed by atoms with Crippen LogP contribution >= 0.6 is 0 Å². The topological polar surface area (TPSA) is 56.7 Å². The van der Waals surface area contributed by atoms with Gasteiger partial charge in [-0.25, -0.2) is 15.0 Å². The molecule has 0 amide bonds. The van der Waals surface area contributed by atoms with E-state index in [1.807, 2.05) is 36.4 Å². The van der Waals surface area contributed by atoms with Crippen molar-refractivity contribution >= 4 is 33.1 Å². The molecule has 0 bridgehead atoms. The van der Waals surface area contributed by atoms with Gasteiger partial charge < -0.3 is 4.42 Å². The van der Waals surface area contributed by atoms with Crippen molar-refractivity contribution in [1.29, 1.82) is 0 Å². The lowest BCUT2D eigenvalue weighted by molar-refractivity contribution is 0.669. The zero-order valence-electron chi connectivity index (χ0n) is 15.7. The Kier molecular flexibility index (Phi) is 3.32. The van der Waals surface area contributed by atoms with Crippen molar-refractivity contribution in [2.45, 2.75) is 6.92 Å². The van der Waals surface area contributed by atoms with Crippen LogP contribution < -0.4 is 0 Å². The molecule has 6 rings (SSSR count). The zero-order valence-corrected chi connectivity index (χ0v) is 15.7. The van der Waals surface area contributed by atoms with Gasteiger partial charge in [0.15, 0.2) is 11.5 Å². The molecular weight excluding hydrogens is 360 g/mol. The van der Waals surface area contributed by atoms with Crippen molar-refractivity contribution in [2.24, 2.45) is 0 Å². The van der Waals surface area contributed by atoms with Crippen molar-refractivity contribution in [3.05, 3.63) is 84.8 Å². The minimum absolute atomic E-state index is 0.656. The second kappa shape index (κ2) is 6.01. The quantitative estimate of drug-likeness (QED) is 0.389. The van der Waals surface area contributed by atoms with E-state index in [9.17, 15) is 0 Å². The summed E-state index contributed by atoms with van der Waals surface area (Å²) in [6, 6.07) is 22.5. The number of rotatable bonds is 2. The molecule has 3 heterocycles. The average Bonchev–Trinajstić information content (AvgIpc) is 3.34. The third kappa shape index (κ3) is 2.31. The van der Waals surface area contributed by atoms with Crippen LogP contribution in [0.15, 0.2) is 83.7 Å². The Morgan fingerprint density at radius 2 is 1.72 bits per heavy atom. The lowest BCUT2D eigenvalue weighted by atomic mass is 10.0. The normalized spacial score (nSPS) is 11.6. The number of hydrogen-bond donors (Lipinski definition) is 0. The Balaban J connectivity index is 1.76. The van der Waals surface area contributed by atoms with Crippen LogP contribution in [0.25, 0.3) is 50.2 Å². The van der Waals surface area contributed by atoms with E-state index in [4.69, 9.17) is 9.40 Å². The summed E-state index contributed by atoms with van der Waals surface area (Å²) in [4.78, 5) is 13.5. The van der Waals surface area contributed by atoms with Gasteiger partial charge in [0.25, 0.3) is 0 Å². The predicted octanol–water partition coefficient (Wildman–Crippen LogP) is 5.69. The summed E-state index contributed by atoms with van der Waals surface area (Å²) in [5, 5.41) is 2.24. The van der Waals surface area contributed by atoms with Gasteiger partial charge in [-0.3, -0.25) is 4.57 Å². The maximum absolute atomic E-state index is 6.32.